The first kappa shape index (κ1) is 27.3. The van der Waals surface area contributed by atoms with Crippen molar-refractivity contribution >= 4 is 34.3 Å². The summed E-state index contributed by atoms with van der Waals surface area (Å²) in [5, 5.41) is 9.64. The number of likely N-dealkylation sites (N-methyl/N-ethyl adjacent to an activating group) is 1. The molecule has 10 heteroatoms. The van der Waals surface area contributed by atoms with Crippen LogP contribution in [0.1, 0.15) is 46.1 Å². The van der Waals surface area contributed by atoms with Crippen molar-refractivity contribution in [2.24, 2.45) is 5.41 Å². The van der Waals surface area contributed by atoms with Crippen LogP contribution in [0.2, 0.25) is 0 Å². The summed E-state index contributed by atoms with van der Waals surface area (Å²) in [6.07, 6.45) is 2.90. The molecule has 0 unspecified atom stereocenters. The number of ketones is 1. The molecule has 1 aromatic carbocycles. The van der Waals surface area contributed by atoms with Gasteiger partial charge in [-0.05, 0) is 38.3 Å². The molecular weight excluding hydrogens is 460 g/mol. The van der Waals surface area contributed by atoms with Gasteiger partial charge in [-0.15, -0.1) is 0 Å². The minimum absolute atomic E-state index is 0.0658. The van der Waals surface area contributed by atoms with Crippen LogP contribution in [-0.4, -0.2) is 78.3 Å². The second kappa shape index (κ2) is 11.2. The molecule has 2 amide bonds. The summed E-state index contributed by atoms with van der Waals surface area (Å²) >= 11 is 0. The number of anilines is 1. The number of nitrogens with one attached hydrogen (secondary N) is 3. The molecular formula is C26H38N6O4. The lowest BCUT2D eigenvalue weighted by Crippen LogP contribution is -2.58. The molecule has 1 aromatic heterocycles. The van der Waals surface area contributed by atoms with Crippen LogP contribution in [0.3, 0.4) is 0 Å². The number of hydrogen-bond donors (Lipinski definition) is 3. The lowest BCUT2D eigenvalue weighted by Gasteiger charge is -2.36. The molecule has 0 aliphatic carbocycles. The van der Waals surface area contributed by atoms with Gasteiger partial charge in [0.25, 0.3) is 0 Å². The van der Waals surface area contributed by atoms with Crippen molar-refractivity contribution in [1.82, 2.24) is 25.5 Å². The third kappa shape index (κ3) is 5.75. The average molecular weight is 499 g/mol. The van der Waals surface area contributed by atoms with E-state index >= 15 is 0 Å². The Hall–Kier alpha value is -3.27. The highest BCUT2D eigenvalue weighted by atomic mass is 16.5. The second-order valence-corrected chi connectivity index (χ2v) is 10.3. The smallest absolute Gasteiger partial charge is 0.246 e. The van der Waals surface area contributed by atoms with E-state index in [1.807, 2.05) is 26.8 Å². The van der Waals surface area contributed by atoms with Gasteiger partial charge in [-0.2, -0.15) is 0 Å². The summed E-state index contributed by atoms with van der Waals surface area (Å²) in [7, 11) is 5.03. The first-order valence-corrected chi connectivity index (χ1v) is 12.3. The molecule has 2 heterocycles. The normalized spacial score (nSPS) is 17.5. The van der Waals surface area contributed by atoms with Gasteiger partial charge in [0.05, 0.1) is 24.7 Å². The largest absolute Gasteiger partial charge is 0.496 e. The zero-order chi connectivity index (χ0) is 26.6. The Labute approximate surface area is 212 Å². The van der Waals surface area contributed by atoms with Crippen molar-refractivity contribution in [3.8, 4) is 5.75 Å². The Morgan fingerprint density at radius 1 is 1.19 bits per heavy atom. The zero-order valence-corrected chi connectivity index (χ0v) is 22.3. The molecule has 1 fully saturated rings. The van der Waals surface area contributed by atoms with Gasteiger partial charge in [-0.1, -0.05) is 20.8 Å². The second-order valence-electron chi connectivity index (χ2n) is 10.3. The van der Waals surface area contributed by atoms with E-state index in [2.05, 4.69) is 25.9 Å². The number of hydrogen-bond acceptors (Lipinski definition) is 8. The summed E-state index contributed by atoms with van der Waals surface area (Å²) in [6, 6.07) is 1.92. The van der Waals surface area contributed by atoms with Crippen LogP contribution in [0.15, 0.2) is 18.5 Å². The number of rotatable bonds is 9. The molecule has 10 nitrogen and oxygen atoms in total. The van der Waals surface area contributed by atoms with Gasteiger partial charge in [-0.25, -0.2) is 9.97 Å². The van der Waals surface area contributed by atoms with E-state index in [1.54, 1.807) is 39.1 Å². The first-order chi connectivity index (χ1) is 17.0. The fourth-order valence-corrected chi connectivity index (χ4v) is 4.54. The van der Waals surface area contributed by atoms with Gasteiger partial charge in [-0.3, -0.25) is 14.4 Å². The molecule has 2 aromatic rings. The maximum atomic E-state index is 13.7. The predicted molar refractivity (Wildman–Crippen MR) is 139 cm³/mol. The van der Waals surface area contributed by atoms with Gasteiger partial charge in [0, 0.05) is 37.0 Å². The zero-order valence-electron chi connectivity index (χ0n) is 22.3. The molecule has 36 heavy (non-hydrogen) atoms. The number of Topliss-reactive ketones (excluding diaryl/α,β-unsaturated/α-hetero) is 1. The number of carbonyl (C=O) groups is 3. The lowest BCUT2D eigenvalue weighted by atomic mass is 9.85. The van der Waals surface area contributed by atoms with Crippen LogP contribution in [-0.2, 0) is 20.8 Å². The fraction of sp³-hybridized carbons (Fsp3) is 0.577. The highest BCUT2D eigenvalue weighted by Crippen LogP contribution is 2.31. The van der Waals surface area contributed by atoms with Crippen LogP contribution in [0.5, 0.6) is 5.75 Å². The van der Waals surface area contributed by atoms with Crippen molar-refractivity contribution in [2.45, 2.75) is 65.1 Å². The number of aromatic nitrogens is 2. The van der Waals surface area contributed by atoms with Crippen LogP contribution in [0.4, 0.5) is 5.82 Å². The Morgan fingerprint density at radius 3 is 2.53 bits per heavy atom. The lowest BCUT2D eigenvalue weighted by molar-refractivity contribution is -0.143. The number of likely N-dealkylation sites (tertiary alicyclic amines) is 1. The number of methoxy groups -OCH3 is 1. The van der Waals surface area contributed by atoms with Gasteiger partial charge < -0.3 is 25.6 Å². The van der Waals surface area contributed by atoms with E-state index in [9.17, 15) is 14.4 Å². The molecule has 0 saturated carbocycles. The molecule has 3 N–H and O–H groups in total. The molecule has 0 bridgehead atoms. The van der Waals surface area contributed by atoms with Gasteiger partial charge in [0.15, 0.2) is 5.78 Å². The first-order valence-electron chi connectivity index (χ1n) is 12.3. The third-order valence-electron chi connectivity index (χ3n) is 6.77. The fourth-order valence-electron chi connectivity index (χ4n) is 4.54. The monoisotopic (exact) mass is 498 g/mol. The molecule has 1 aliphatic heterocycles. The van der Waals surface area contributed by atoms with E-state index in [0.29, 0.717) is 35.6 Å². The van der Waals surface area contributed by atoms with E-state index < -0.39 is 23.5 Å². The average Bonchev–Trinajstić information content (AvgIpc) is 3.35. The Bertz CT molecular complexity index is 1130. The Morgan fingerprint density at radius 2 is 1.92 bits per heavy atom. The topological polar surface area (TPSA) is 126 Å². The molecule has 0 spiro atoms. The summed E-state index contributed by atoms with van der Waals surface area (Å²) in [6.45, 7) is 7.95. The number of benzene rings is 1. The Balaban J connectivity index is 1.86. The number of fused-ring (bicyclic) bond motifs is 1. The van der Waals surface area contributed by atoms with E-state index in [0.717, 1.165) is 11.8 Å². The SMILES string of the molecule is CNc1ncnc2cc(OC)c(CC(=O)[C@@H]3CCCN3C(=O)[C@@H](NC(=O)[C@H](C)NC)C(C)(C)C)cc12. The minimum Gasteiger partial charge on any atom is -0.496 e. The van der Waals surface area contributed by atoms with Gasteiger partial charge in [0.1, 0.15) is 23.9 Å². The molecule has 1 saturated heterocycles. The maximum Gasteiger partial charge on any atom is 0.246 e. The quantitative estimate of drug-likeness (QED) is 0.479. The number of ether oxygens (including phenoxy) is 1. The molecule has 196 valence electrons. The van der Waals surface area contributed by atoms with Crippen LogP contribution < -0.4 is 20.7 Å². The van der Waals surface area contributed by atoms with Crippen molar-refractivity contribution in [2.75, 3.05) is 33.1 Å². The van der Waals surface area contributed by atoms with Crippen LogP contribution >= 0.6 is 0 Å². The van der Waals surface area contributed by atoms with Gasteiger partial charge in [0.2, 0.25) is 11.8 Å². The van der Waals surface area contributed by atoms with E-state index in [4.69, 9.17) is 4.74 Å². The summed E-state index contributed by atoms with van der Waals surface area (Å²) in [5.74, 6) is 0.675. The standard InChI is InChI=1S/C26H38N6O4/c1-15(27-5)24(34)31-22(26(2,3)4)25(35)32-10-8-9-19(32)20(33)12-16-11-17-18(13-21(16)36-7)29-14-30-23(17)28-6/h11,13-15,19,22,27H,8-10,12H2,1-7H3,(H,31,34)(H,28,29,30)/t15-,19-,22+/m0/s1. The molecule has 3 atom stereocenters. The number of carbonyl (C=O) groups excluding carboxylic acids is 3. The van der Waals surface area contributed by atoms with Crippen molar-refractivity contribution in [3.05, 3.63) is 24.0 Å². The number of nitrogens with zero attached hydrogens (tertiary/aromatic N) is 3. The third-order valence-corrected chi connectivity index (χ3v) is 6.77. The summed E-state index contributed by atoms with van der Waals surface area (Å²) in [5.41, 5.74) is 0.894. The van der Waals surface area contributed by atoms with Crippen molar-refractivity contribution in [1.29, 1.82) is 0 Å². The highest BCUT2D eigenvalue weighted by molar-refractivity contribution is 5.96. The molecule has 0 radical (unpaired) electrons. The highest BCUT2D eigenvalue weighted by Gasteiger charge is 2.42. The van der Waals surface area contributed by atoms with Crippen molar-refractivity contribution < 1.29 is 19.1 Å². The van der Waals surface area contributed by atoms with E-state index in [1.165, 1.54) is 6.33 Å². The van der Waals surface area contributed by atoms with E-state index in [-0.39, 0.29) is 24.0 Å². The predicted octanol–water partition coefficient (Wildman–Crippen LogP) is 1.92. The van der Waals surface area contributed by atoms with Crippen LogP contribution in [0.25, 0.3) is 10.9 Å². The maximum absolute atomic E-state index is 13.7. The van der Waals surface area contributed by atoms with Crippen LogP contribution in [0, 0.1) is 5.41 Å². The van der Waals surface area contributed by atoms with Gasteiger partial charge >= 0.3 is 0 Å². The summed E-state index contributed by atoms with van der Waals surface area (Å²) < 4.78 is 5.56. The molecule has 1 aliphatic rings. The molecule has 3 rings (SSSR count). The summed E-state index contributed by atoms with van der Waals surface area (Å²) in [4.78, 5) is 50.0. The minimum atomic E-state index is -0.750. The van der Waals surface area contributed by atoms with Crippen molar-refractivity contribution in [3.63, 3.8) is 0 Å². The number of amides is 2. The Kier molecular flexibility index (Phi) is 8.50.